The summed E-state index contributed by atoms with van der Waals surface area (Å²) in [6.07, 6.45) is 5.49. The zero-order valence-electron chi connectivity index (χ0n) is 10.9. The van der Waals surface area contributed by atoms with Crippen LogP contribution < -0.4 is 4.74 Å². The maximum absolute atomic E-state index is 11.2. The third kappa shape index (κ3) is 3.10. The number of benzene rings is 1. The maximum Gasteiger partial charge on any atom is 0.222 e. The average Bonchev–Trinajstić information content (AvgIpc) is 2.92. The molecule has 97 valence electrons. The van der Waals surface area contributed by atoms with Gasteiger partial charge in [0.05, 0.1) is 6.61 Å². The third-order valence-corrected chi connectivity index (χ3v) is 3.26. The predicted octanol–water partition coefficient (Wildman–Crippen LogP) is 2.72. The normalized spacial score (nSPS) is 17.6. The number of likely N-dealkylation sites (tertiary alicyclic amines) is 1. The third-order valence-electron chi connectivity index (χ3n) is 3.26. The van der Waals surface area contributed by atoms with Crippen molar-refractivity contribution in [3.8, 4) is 5.75 Å². The van der Waals surface area contributed by atoms with Gasteiger partial charge in [0, 0.05) is 0 Å². The van der Waals surface area contributed by atoms with Crippen molar-refractivity contribution in [3.05, 3.63) is 29.8 Å². The first-order valence-corrected chi connectivity index (χ1v) is 6.69. The summed E-state index contributed by atoms with van der Waals surface area (Å²) in [4.78, 5) is 13.4. The molecule has 0 aromatic heterocycles. The molecule has 0 spiro atoms. The van der Waals surface area contributed by atoms with Crippen LogP contribution in [-0.2, 0) is 4.79 Å². The van der Waals surface area contributed by atoms with E-state index in [1.165, 1.54) is 12.8 Å². The lowest BCUT2D eigenvalue weighted by molar-refractivity contribution is 0.292. The number of rotatable bonds is 6. The quantitative estimate of drug-likeness (QED) is 0.773. The van der Waals surface area contributed by atoms with Gasteiger partial charge < -0.3 is 4.74 Å². The highest BCUT2D eigenvalue weighted by Gasteiger charge is 2.23. The van der Waals surface area contributed by atoms with Crippen molar-refractivity contribution in [1.29, 1.82) is 0 Å². The van der Waals surface area contributed by atoms with Gasteiger partial charge in [-0.05, 0) is 50.0 Å². The molecule has 0 bridgehead atoms. The molecule has 1 heterocycles. The van der Waals surface area contributed by atoms with E-state index in [1.807, 2.05) is 24.3 Å². The Hall–Kier alpha value is -1.35. The number of nitrogens with zero attached hydrogens (tertiary/aromatic N) is 1. The SMILES string of the molecule is CCCOc1cccc(C([C]=O)N2CCCC2)c1. The lowest BCUT2D eigenvalue weighted by atomic mass is 10.1. The zero-order chi connectivity index (χ0) is 12.8. The Morgan fingerprint density at radius 3 is 2.83 bits per heavy atom. The molecule has 1 aliphatic rings. The second-order valence-corrected chi connectivity index (χ2v) is 4.68. The van der Waals surface area contributed by atoms with Crippen LogP contribution in [0.2, 0.25) is 0 Å². The summed E-state index contributed by atoms with van der Waals surface area (Å²) < 4.78 is 5.60. The molecular weight excluding hydrogens is 226 g/mol. The highest BCUT2D eigenvalue weighted by molar-refractivity contribution is 5.62. The number of hydrogen-bond donors (Lipinski definition) is 0. The summed E-state index contributed by atoms with van der Waals surface area (Å²) in [5.74, 6) is 0.841. The van der Waals surface area contributed by atoms with Gasteiger partial charge in [-0.1, -0.05) is 19.1 Å². The summed E-state index contributed by atoms with van der Waals surface area (Å²) in [7, 11) is 0. The predicted molar refractivity (Wildman–Crippen MR) is 71.5 cm³/mol. The van der Waals surface area contributed by atoms with Gasteiger partial charge in [-0.2, -0.15) is 0 Å². The van der Waals surface area contributed by atoms with Gasteiger partial charge in [0.1, 0.15) is 11.8 Å². The van der Waals surface area contributed by atoms with Crippen molar-refractivity contribution in [2.24, 2.45) is 0 Å². The summed E-state index contributed by atoms with van der Waals surface area (Å²) >= 11 is 0. The first-order valence-electron chi connectivity index (χ1n) is 6.69. The molecular formula is C15H20NO2. The van der Waals surface area contributed by atoms with Crippen LogP contribution in [0.1, 0.15) is 37.8 Å². The van der Waals surface area contributed by atoms with Crippen molar-refractivity contribution in [1.82, 2.24) is 4.90 Å². The molecule has 0 saturated carbocycles. The molecule has 1 aromatic carbocycles. The number of ether oxygens (including phenoxy) is 1. The molecule has 2 rings (SSSR count). The van der Waals surface area contributed by atoms with Gasteiger partial charge >= 0.3 is 0 Å². The van der Waals surface area contributed by atoms with E-state index in [9.17, 15) is 4.79 Å². The molecule has 1 saturated heterocycles. The monoisotopic (exact) mass is 246 g/mol. The highest BCUT2D eigenvalue weighted by atomic mass is 16.5. The van der Waals surface area contributed by atoms with E-state index < -0.39 is 0 Å². The second-order valence-electron chi connectivity index (χ2n) is 4.68. The van der Waals surface area contributed by atoms with Crippen molar-refractivity contribution in [2.75, 3.05) is 19.7 Å². The fraction of sp³-hybridized carbons (Fsp3) is 0.533. The van der Waals surface area contributed by atoms with Crippen LogP contribution in [0.25, 0.3) is 0 Å². The minimum absolute atomic E-state index is 0.238. The molecule has 0 amide bonds. The summed E-state index contributed by atoms with van der Waals surface area (Å²) in [6, 6.07) is 7.58. The Bertz CT molecular complexity index is 386. The molecule has 0 aliphatic carbocycles. The summed E-state index contributed by atoms with van der Waals surface area (Å²) in [5, 5.41) is 0. The first-order chi connectivity index (χ1) is 8.85. The fourth-order valence-electron chi connectivity index (χ4n) is 2.35. The average molecular weight is 246 g/mol. The Morgan fingerprint density at radius 1 is 1.39 bits per heavy atom. The summed E-state index contributed by atoms with van der Waals surface area (Å²) in [5.41, 5.74) is 0.987. The molecule has 1 radical (unpaired) electrons. The molecule has 18 heavy (non-hydrogen) atoms. The van der Waals surface area contributed by atoms with Gasteiger partial charge in [-0.15, -0.1) is 0 Å². The molecule has 1 atom stereocenters. The number of carbonyl (C=O) groups excluding carboxylic acids is 1. The number of hydrogen-bond acceptors (Lipinski definition) is 3. The van der Waals surface area contributed by atoms with Crippen LogP contribution in [-0.4, -0.2) is 30.9 Å². The zero-order valence-corrected chi connectivity index (χ0v) is 10.9. The minimum Gasteiger partial charge on any atom is -0.494 e. The van der Waals surface area contributed by atoms with Gasteiger partial charge in [0.25, 0.3) is 0 Å². The Balaban J connectivity index is 2.11. The lowest BCUT2D eigenvalue weighted by Crippen LogP contribution is -2.26. The Kier molecular flexibility index (Phi) is 4.76. The minimum atomic E-state index is -0.238. The molecule has 0 N–H and O–H groups in total. The molecule has 1 fully saturated rings. The van der Waals surface area contributed by atoms with E-state index in [-0.39, 0.29) is 6.04 Å². The van der Waals surface area contributed by atoms with Crippen LogP contribution in [0.4, 0.5) is 0 Å². The molecule has 1 aliphatic heterocycles. The topological polar surface area (TPSA) is 29.5 Å². The van der Waals surface area contributed by atoms with E-state index in [2.05, 4.69) is 18.1 Å². The van der Waals surface area contributed by atoms with E-state index in [4.69, 9.17) is 4.74 Å². The van der Waals surface area contributed by atoms with Crippen molar-refractivity contribution in [3.63, 3.8) is 0 Å². The Labute approximate surface area is 109 Å². The van der Waals surface area contributed by atoms with Crippen LogP contribution in [0.3, 0.4) is 0 Å². The van der Waals surface area contributed by atoms with Gasteiger partial charge in [0.2, 0.25) is 6.29 Å². The largest absolute Gasteiger partial charge is 0.494 e. The van der Waals surface area contributed by atoms with Gasteiger partial charge in [-0.3, -0.25) is 9.69 Å². The van der Waals surface area contributed by atoms with Crippen LogP contribution >= 0.6 is 0 Å². The second kappa shape index (κ2) is 6.55. The van der Waals surface area contributed by atoms with Crippen molar-refractivity contribution < 1.29 is 9.53 Å². The fourth-order valence-corrected chi connectivity index (χ4v) is 2.35. The van der Waals surface area contributed by atoms with Crippen molar-refractivity contribution in [2.45, 2.75) is 32.2 Å². The highest BCUT2D eigenvalue weighted by Crippen LogP contribution is 2.26. The van der Waals surface area contributed by atoms with E-state index >= 15 is 0 Å². The lowest BCUT2D eigenvalue weighted by Gasteiger charge is -2.22. The van der Waals surface area contributed by atoms with Gasteiger partial charge in [0.15, 0.2) is 0 Å². The Morgan fingerprint density at radius 2 is 2.17 bits per heavy atom. The van der Waals surface area contributed by atoms with E-state index in [0.29, 0.717) is 6.61 Å². The molecule has 3 nitrogen and oxygen atoms in total. The van der Waals surface area contributed by atoms with Crippen LogP contribution in [0.15, 0.2) is 24.3 Å². The molecule has 1 aromatic rings. The van der Waals surface area contributed by atoms with E-state index in [1.54, 1.807) is 0 Å². The van der Waals surface area contributed by atoms with Crippen LogP contribution in [0.5, 0.6) is 5.75 Å². The molecule has 1 unspecified atom stereocenters. The molecule has 3 heteroatoms. The summed E-state index contributed by atoms with van der Waals surface area (Å²) in [6.45, 7) is 4.76. The maximum atomic E-state index is 11.2. The van der Waals surface area contributed by atoms with E-state index in [0.717, 1.165) is 30.8 Å². The smallest absolute Gasteiger partial charge is 0.222 e. The van der Waals surface area contributed by atoms with Crippen molar-refractivity contribution >= 4 is 6.29 Å². The first kappa shape index (κ1) is 13.1. The standard InChI is InChI=1S/C15H20NO2/c1-2-10-18-14-7-5-6-13(11-14)15(12-17)16-8-3-4-9-16/h5-7,11,15H,2-4,8-10H2,1H3. The van der Waals surface area contributed by atoms with Crippen LogP contribution in [0, 0.1) is 0 Å². The van der Waals surface area contributed by atoms with Gasteiger partial charge in [-0.25, -0.2) is 0 Å².